The summed E-state index contributed by atoms with van der Waals surface area (Å²) in [5, 5.41) is 3.17. The van der Waals surface area contributed by atoms with Gasteiger partial charge in [-0.15, -0.1) is 0 Å². The van der Waals surface area contributed by atoms with Crippen molar-refractivity contribution < 1.29 is 4.79 Å². The van der Waals surface area contributed by atoms with E-state index in [2.05, 4.69) is 5.32 Å². The molecule has 0 spiro atoms. The summed E-state index contributed by atoms with van der Waals surface area (Å²) in [7, 11) is 0. The molecule has 1 aliphatic carbocycles. The Morgan fingerprint density at radius 2 is 2.36 bits per heavy atom. The molecule has 0 atom stereocenters. The quantitative estimate of drug-likeness (QED) is 0.543. The molecule has 0 aromatic rings. The largest absolute Gasteiger partial charge is 0.309 e. The van der Waals surface area contributed by atoms with Crippen LogP contribution >= 0.6 is 0 Å². The van der Waals surface area contributed by atoms with Crippen molar-refractivity contribution in [2.75, 3.05) is 13.1 Å². The Morgan fingerprint density at radius 1 is 1.45 bits per heavy atom. The average molecular weight is 147 g/mol. The highest BCUT2D eigenvalue weighted by atomic mass is 16.1. The molecular weight excluding hydrogens is 138 g/mol. The first-order valence-electron chi connectivity index (χ1n) is 3.71. The number of fused-ring (bicyclic) bond motifs is 1. The lowest BCUT2D eigenvalue weighted by Crippen LogP contribution is -2.26. The molecule has 1 N–H and O–H groups in total. The second kappa shape index (κ2) is 2.47. The third-order valence-electron chi connectivity index (χ3n) is 1.92. The van der Waals surface area contributed by atoms with E-state index >= 15 is 0 Å². The molecule has 0 radical (unpaired) electrons. The first-order valence-corrected chi connectivity index (χ1v) is 3.71. The molecule has 0 amide bonds. The van der Waals surface area contributed by atoms with Crippen LogP contribution in [0.15, 0.2) is 35.5 Å². The summed E-state index contributed by atoms with van der Waals surface area (Å²) < 4.78 is 0. The van der Waals surface area contributed by atoms with Crippen molar-refractivity contribution >= 4 is 5.78 Å². The van der Waals surface area contributed by atoms with E-state index in [9.17, 15) is 4.79 Å². The van der Waals surface area contributed by atoms with Gasteiger partial charge in [0.05, 0.1) is 0 Å². The van der Waals surface area contributed by atoms with Crippen molar-refractivity contribution in [1.29, 1.82) is 0 Å². The second-order valence-electron chi connectivity index (χ2n) is 2.66. The predicted octanol–water partition coefficient (Wildman–Crippen LogP) is 0.581. The Bertz CT molecular complexity index is 284. The van der Waals surface area contributed by atoms with Crippen LogP contribution in [0.25, 0.3) is 0 Å². The third-order valence-corrected chi connectivity index (χ3v) is 1.92. The number of carbonyl (C=O) groups is 1. The SMILES string of the molecule is O=C1C=CC=C2CNCC=C12. The van der Waals surface area contributed by atoms with Crippen molar-refractivity contribution in [1.82, 2.24) is 5.32 Å². The summed E-state index contributed by atoms with van der Waals surface area (Å²) in [5.74, 6) is 0.143. The Labute approximate surface area is 65.3 Å². The Balaban J connectivity index is 2.43. The number of hydrogen-bond donors (Lipinski definition) is 1. The molecular formula is C9H9NO. The summed E-state index contributed by atoms with van der Waals surface area (Å²) in [6.07, 6.45) is 7.35. The Hall–Kier alpha value is -1.15. The van der Waals surface area contributed by atoms with E-state index in [0.717, 1.165) is 24.2 Å². The fourth-order valence-corrected chi connectivity index (χ4v) is 1.36. The first-order chi connectivity index (χ1) is 5.38. The van der Waals surface area contributed by atoms with Gasteiger partial charge < -0.3 is 5.32 Å². The fourth-order valence-electron chi connectivity index (χ4n) is 1.36. The molecule has 2 heteroatoms. The maximum absolute atomic E-state index is 11.2. The normalized spacial score (nSPS) is 22.4. The van der Waals surface area contributed by atoms with E-state index in [-0.39, 0.29) is 5.78 Å². The molecule has 2 nitrogen and oxygen atoms in total. The molecule has 0 aromatic heterocycles. The number of nitrogens with one attached hydrogen (secondary N) is 1. The fraction of sp³-hybridized carbons (Fsp3) is 0.222. The highest BCUT2D eigenvalue weighted by molar-refractivity contribution is 6.08. The van der Waals surface area contributed by atoms with Gasteiger partial charge in [0, 0.05) is 18.7 Å². The van der Waals surface area contributed by atoms with Crippen LogP contribution in [-0.2, 0) is 4.79 Å². The van der Waals surface area contributed by atoms with E-state index in [1.807, 2.05) is 18.2 Å². The first kappa shape index (κ1) is 6.55. The molecule has 56 valence electrons. The second-order valence-corrected chi connectivity index (χ2v) is 2.66. The summed E-state index contributed by atoms with van der Waals surface area (Å²) in [6, 6.07) is 0. The maximum Gasteiger partial charge on any atom is 0.185 e. The van der Waals surface area contributed by atoms with Crippen LogP contribution in [0.4, 0.5) is 0 Å². The van der Waals surface area contributed by atoms with Gasteiger partial charge in [0.1, 0.15) is 0 Å². The number of allylic oxidation sites excluding steroid dienone is 3. The zero-order valence-electron chi connectivity index (χ0n) is 6.13. The van der Waals surface area contributed by atoms with Gasteiger partial charge in [-0.3, -0.25) is 4.79 Å². The van der Waals surface area contributed by atoms with Crippen molar-refractivity contribution in [3.8, 4) is 0 Å². The van der Waals surface area contributed by atoms with Gasteiger partial charge in [0.2, 0.25) is 0 Å². The maximum atomic E-state index is 11.2. The minimum Gasteiger partial charge on any atom is -0.309 e. The zero-order valence-corrected chi connectivity index (χ0v) is 6.13. The number of ketones is 1. The van der Waals surface area contributed by atoms with Gasteiger partial charge in [0.15, 0.2) is 5.78 Å². The Morgan fingerprint density at radius 3 is 3.18 bits per heavy atom. The zero-order chi connectivity index (χ0) is 7.68. The van der Waals surface area contributed by atoms with Crippen LogP contribution in [-0.4, -0.2) is 18.9 Å². The number of rotatable bonds is 0. The van der Waals surface area contributed by atoms with Crippen LogP contribution in [0, 0.1) is 0 Å². The lowest BCUT2D eigenvalue weighted by Gasteiger charge is -2.17. The van der Waals surface area contributed by atoms with E-state index in [4.69, 9.17) is 0 Å². The highest BCUT2D eigenvalue weighted by Crippen LogP contribution is 2.17. The average Bonchev–Trinajstić information content (AvgIpc) is 2.06. The molecule has 1 aliphatic heterocycles. The summed E-state index contributed by atoms with van der Waals surface area (Å²) >= 11 is 0. The molecule has 0 fully saturated rings. The predicted molar refractivity (Wildman–Crippen MR) is 43.2 cm³/mol. The topological polar surface area (TPSA) is 29.1 Å². The standard InChI is InChI=1S/C9H9NO/c11-9-3-1-2-7-6-10-5-4-8(7)9/h1-4,10H,5-6H2. The van der Waals surface area contributed by atoms with Crippen LogP contribution in [0.2, 0.25) is 0 Å². The number of hydrogen-bond acceptors (Lipinski definition) is 2. The van der Waals surface area contributed by atoms with E-state index < -0.39 is 0 Å². The van der Waals surface area contributed by atoms with Gasteiger partial charge in [-0.1, -0.05) is 18.2 Å². The van der Waals surface area contributed by atoms with Crippen molar-refractivity contribution in [2.45, 2.75) is 0 Å². The van der Waals surface area contributed by atoms with E-state index in [1.54, 1.807) is 6.08 Å². The molecule has 2 aliphatic rings. The molecule has 11 heavy (non-hydrogen) atoms. The molecule has 0 saturated heterocycles. The van der Waals surface area contributed by atoms with Gasteiger partial charge in [-0.2, -0.15) is 0 Å². The molecule has 0 aromatic carbocycles. The summed E-state index contributed by atoms with van der Waals surface area (Å²) in [4.78, 5) is 11.2. The Kier molecular flexibility index (Phi) is 1.47. The van der Waals surface area contributed by atoms with E-state index in [1.165, 1.54) is 0 Å². The van der Waals surface area contributed by atoms with Gasteiger partial charge in [-0.05, 0) is 11.6 Å². The molecule has 0 bridgehead atoms. The molecule has 0 unspecified atom stereocenters. The lowest BCUT2D eigenvalue weighted by atomic mass is 9.94. The smallest absolute Gasteiger partial charge is 0.185 e. The van der Waals surface area contributed by atoms with Gasteiger partial charge in [-0.25, -0.2) is 0 Å². The van der Waals surface area contributed by atoms with Crippen molar-refractivity contribution in [2.24, 2.45) is 0 Å². The van der Waals surface area contributed by atoms with Crippen molar-refractivity contribution in [3.63, 3.8) is 0 Å². The van der Waals surface area contributed by atoms with Crippen LogP contribution in [0.3, 0.4) is 0 Å². The van der Waals surface area contributed by atoms with Crippen molar-refractivity contribution in [3.05, 3.63) is 35.5 Å². The summed E-state index contributed by atoms with van der Waals surface area (Å²) in [5.41, 5.74) is 2.00. The van der Waals surface area contributed by atoms with Gasteiger partial charge >= 0.3 is 0 Å². The molecule has 1 heterocycles. The monoisotopic (exact) mass is 147 g/mol. The minimum absolute atomic E-state index is 0.143. The molecule has 0 saturated carbocycles. The summed E-state index contributed by atoms with van der Waals surface area (Å²) in [6.45, 7) is 1.63. The minimum atomic E-state index is 0.143. The van der Waals surface area contributed by atoms with Gasteiger partial charge in [0.25, 0.3) is 0 Å². The van der Waals surface area contributed by atoms with Crippen LogP contribution in [0.1, 0.15) is 0 Å². The van der Waals surface area contributed by atoms with Crippen LogP contribution < -0.4 is 5.32 Å². The van der Waals surface area contributed by atoms with E-state index in [0.29, 0.717) is 0 Å². The third kappa shape index (κ3) is 1.05. The lowest BCUT2D eigenvalue weighted by molar-refractivity contribution is -0.111. The molecule has 2 rings (SSSR count). The highest BCUT2D eigenvalue weighted by Gasteiger charge is 2.16. The number of carbonyl (C=O) groups excluding carboxylic acids is 1. The van der Waals surface area contributed by atoms with Crippen LogP contribution in [0.5, 0.6) is 0 Å².